The van der Waals surface area contributed by atoms with Crippen LogP contribution in [0.4, 0.5) is 11.8 Å². The van der Waals surface area contributed by atoms with E-state index in [2.05, 4.69) is 15.3 Å². The lowest BCUT2D eigenvalue weighted by molar-refractivity contribution is -0.138. The van der Waals surface area contributed by atoms with Crippen molar-refractivity contribution in [3.8, 4) is 0 Å². The van der Waals surface area contributed by atoms with Crippen molar-refractivity contribution in [1.82, 2.24) is 9.97 Å². The molecule has 1 aromatic heterocycles. The number of aromatic amines is 1. The molecule has 1 atom stereocenters. The zero-order valence-corrected chi connectivity index (χ0v) is 10.7. The van der Waals surface area contributed by atoms with Gasteiger partial charge < -0.3 is 15.3 Å². The van der Waals surface area contributed by atoms with Gasteiger partial charge in [-0.3, -0.25) is 19.4 Å². The van der Waals surface area contributed by atoms with Crippen LogP contribution in [0.2, 0.25) is 0 Å². The van der Waals surface area contributed by atoms with Crippen molar-refractivity contribution in [2.45, 2.75) is 25.2 Å². The number of carbonyl (C=O) groups excluding carboxylic acids is 1. The highest BCUT2D eigenvalue weighted by molar-refractivity contribution is 6.03. The second-order valence-corrected chi connectivity index (χ2v) is 4.99. The molecule has 3 heterocycles. The van der Waals surface area contributed by atoms with Crippen LogP contribution >= 0.6 is 0 Å². The number of amides is 1. The number of hydrogen-bond donors (Lipinski definition) is 3. The zero-order chi connectivity index (χ0) is 14.3. The first-order valence-electron chi connectivity index (χ1n) is 6.48. The van der Waals surface area contributed by atoms with Gasteiger partial charge in [0.15, 0.2) is 0 Å². The largest absolute Gasteiger partial charge is 0.481 e. The molecule has 1 unspecified atom stereocenters. The maximum atomic E-state index is 12.1. The van der Waals surface area contributed by atoms with E-state index in [1.807, 2.05) is 4.90 Å². The molecule has 1 fully saturated rings. The summed E-state index contributed by atoms with van der Waals surface area (Å²) in [6.45, 7) is 1.63. The van der Waals surface area contributed by atoms with Crippen molar-refractivity contribution in [3.63, 3.8) is 0 Å². The lowest BCUT2D eigenvalue weighted by Crippen LogP contribution is -2.26. The SMILES string of the molecule is O=C(O)CC1C(=O)Nc2nc(N3CCCC3)[nH]c(=O)c21. The summed E-state index contributed by atoms with van der Waals surface area (Å²) in [5, 5.41) is 11.3. The van der Waals surface area contributed by atoms with Crippen molar-refractivity contribution in [3.05, 3.63) is 15.9 Å². The monoisotopic (exact) mass is 278 g/mol. The van der Waals surface area contributed by atoms with Gasteiger partial charge in [0.25, 0.3) is 5.56 Å². The number of fused-ring (bicyclic) bond motifs is 1. The number of hydrogen-bond acceptors (Lipinski definition) is 5. The average Bonchev–Trinajstić information content (AvgIpc) is 2.98. The summed E-state index contributed by atoms with van der Waals surface area (Å²) in [4.78, 5) is 43.5. The van der Waals surface area contributed by atoms with Gasteiger partial charge >= 0.3 is 5.97 Å². The minimum absolute atomic E-state index is 0.125. The van der Waals surface area contributed by atoms with E-state index in [1.54, 1.807) is 0 Å². The first-order chi connectivity index (χ1) is 9.56. The molecular formula is C12H14N4O4. The van der Waals surface area contributed by atoms with E-state index < -0.39 is 29.8 Å². The average molecular weight is 278 g/mol. The normalized spacial score (nSPS) is 20.9. The van der Waals surface area contributed by atoms with E-state index in [9.17, 15) is 14.4 Å². The van der Waals surface area contributed by atoms with Gasteiger partial charge in [0.2, 0.25) is 11.9 Å². The Morgan fingerprint density at radius 3 is 2.70 bits per heavy atom. The molecule has 0 saturated carbocycles. The topological polar surface area (TPSA) is 115 Å². The van der Waals surface area contributed by atoms with Crippen LogP contribution in [-0.2, 0) is 9.59 Å². The molecule has 3 N–H and O–H groups in total. The minimum Gasteiger partial charge on any atom is -0.481 e. The fourth-order valence-corrected chi connectivity index (χ4v) is 2.67. The molecule has 1 amide bonds. The van der Waals surface area contributed by atoms with Crippen molar-refractivity contribution < 1.29 is 14.7 Å². The molecular weight excluding hydrogens is 264 g/mol. The van der Waals surface area contributed by atoms with Crippen molar-refractivity contribution in [2.75, 3.05) is 23.3 Å². The third kappa shape index (κ3) is 2.02. The molecule has 0 radical (unpaired) electrons. The molecule has 1 aromatic rings. The lowest BCUT2D eigenvalue weighted by Gasteiger charge is -2.16. The van der Waals surface area contributed by atoms with Gasteiger partial charge in [-0.25, -0.2) is 0 Å². The molecule has 1 saturated heterocycles. The number of nitrogens with one attached hydrogen (secondary N) is 2. The molecule has 8 nitrogen and oxygen atoms in total. The summed E-state index contributed by atoms with van der Waals surface area (Å²) >= 11 is 0. The Hall–Kier alpha value is -2.38. The van der Waals surface area contributed by atoms with E-state index in [1.165, 1.54) is 0 Å². The molecule has 106 valence electrons. The highest BCUT2D eigenvalue weighted by Gasteiger charge is 2.37. The van der Waals surface area contributed by atoms with Crippen LogP contribution in [0.3, 0.4) is 0 Å². The van der Waals surface area contributed by atoms with Crippen LogP contribution in [0.15, 0.2) is 4.79 Å². The van der Waals surface area contributed by atoms with Crippen LogP contribution < -0.4 is 15.8 Å². The van der Waals surface area contributed by atoms with Crippen molar-refractivity contribution >= 4 is 23.6 Å². The molecule has 3 rings (SSSR count). The second-order valence-electron chi connectivity index (χ2n) is 4.99. The number of carboxylic acids is 1. The number of anilines is 2. The number of carbonyl (C=O) groups is 2. The Kier molecular flexibility index (Phi) is 2.92. The third-order valence-corrected chi connectivity index (χ3v) is 3.63. The van der Waals surface area contributed by atoms with Crippen LogP contribution in [0.25, 0.3) is 0 Å². The van der Waals surface area contributed by atoms with E-state index in [-0.39, 0.29) is 11.4 Å². The Labute approximate surface area is 113 Å². The van der Waals surface area contributed by atoms with Gasteiger partial charge in [-0.2, -0.15) is 4.98 Å². The first kappa shape index (κ1) is 12.6. The first-order valence-corrected chi connectivity index (χ1v) is 6.48. The number of aromatic nitrogens is 2. The molecule has 0 bridgehead atoms. The predicted octanol–water partition coefficient (Wildman–Crippen LogP) is -0.120. The van der Waals surface area contributed by atoms with E-state index in [0.29, 0.717) is 5.95 Å². The van der Waals surface area contributed by atoms with Crippen LogP contribution in [0.1, 0.15) is 30.7 Å². The number of H-pyrrole nitrogens is 1. The third-order valence-electron chi connectivity index (χ3n) is 3.63. The van der Waals surface area contributed by atoms with E-state index >= 15 is 0 Å². The zero-order valence-electron chi connectivity index (χ0n) is 10.7. The quantitative estimate of drug-likeness (QED) is 0.710. The van der Waals surface area contributed by atoms with Crippen LogP contribution in [0, 0.1) is 0 Å². The summed E-state index contributed by atoms with van der Waals surface area (Å²) in [6.07, 6.45) is 1.66. The molecule has 0 aliphatic carbocycles. The summed E-state index contributed by atoms with van der Waals surface area (Å²) in [6, 6.07) is 0. The lowest BCUT2D eigenvalue weighted by atomic mass is 10.00. The molecule has 2 aliphatic heterocycles. The highest BCUT2D eigenvalue weighted by Crippen LogP contribution is 2.31. The Morgan fingerprint density at radius 2 is 2.05 bits per heavy atom. The molecule has 0 spiro atoms. The van der Waals surface area contributed by atoms with Gasteiger partial charge in [0, 0.05) is 13.1 Å². The van der Waals surface area contributed by atoms with Gasteiger partial charge in [-0.1, -0.05) is 0 Å². The standard InChI is InChI=1S/C12H14N4O4/c17-7(18)5-6-8-9(13-10(6)19)14-12(15-11(8)20)16-3-1-2-4-16/h6H,1-5H2,(H,17,18)(H2,13,14,15,19,20). The molecule has 0 aromatic carbocycles. The van der Waals surface area contributed by atoms with Crippen molar-refractivity contribution in [2.24, 2.45) is 0 Å². The Balaban J connectivity index is 2.00. The number of rotatable bonds is 3. The van der Waals surface area contributed by atoms with Gasteiger partial charge in [-0.05, 0) is 12.8 Å². The molecule has 20 heavy (non-hydrogen) atoms. The summed E-state index contributed by atoms with van der Waals surface area (Å²) < 4.78 is 0. The van der Waals surface area contributed by atoms with Gasteiger partial charge in [0.05, 0.1) is 17.9 Å². The highest BCUT2D eigenvalue weighted by atomic mass is 16.4. The van der Waals surface area contributed by atoms with Crippen LogP contribution in [0.5, 0.6) is 0 Å². The number of carboxylic acid groups (broad SMARTS) is 1. The number of nitrogens with zero attached hydrogens (tertiary/aromatic N) is 2. The summed E-state index contributed by atoms with van der Waals surface area (Å²) in [5.41, 5.74) is -0.318. The second kappa shape index (κ2) is 4.62. The Morgan fingerprint density at radius 1 is 1.35 bits per heavy atom. The fourth-order valence-electron chi connectivity index (χ4n) is 2.67. The summed E-state index contributed by atoms with van der Waals surface area (Å²) in [7, 11) is 0. The summed E-state index contributed by atoms with van der Waals surface area (Å²) in [5.74, 6) is -1.96. The smallest absolute Gasteiger partial charge is 0.304 e. The molecule has 8 heteroatoms. The predicted molar refractivity (Wildman–Crippen MR) is 69.9 cm³/mol. The minimum atomic E-state index is -1.12. The van der Waals surface area contributed by atoms with E-state index in [0.717, 1.165) is 25.9 Å². The fraction of sp³-hybridized carbons (Fsp3) is 0.500. The maximum Gasteiger partial charge on any atom is 0.304 e. The molecule has 2 aliphatic rings. The Bertz CT molecular complexity index is 633. The van der Waals surface area contributed by atoms with Gasteiger partial charge in [-0.15, -0.1) is 0 Å². The van der Waals surface area contributed by atoms with E-state index in [4.69, 9.17) is 5.11 Å². The number of aliphatic carboxylic acids is 1. The maximum absolute atomic E-state index is 12.1. The van der Waals surface area contributed by atoms with Crippen LogP contribution in [-0.4, -0.2) is 40.0 Å². The van der Waals surface area contributed by atoms with Gasteiger partial charge in [0.1, 0.15) is 5.82 Å². The van der Waals surface area contributed by atoms with Crippen molar-refractivity contribution in [1.29, 1.82) is 0 Å².